The second kappa shape index (κ2) is 4.50. The minimum atomic E-state index is -3.46. The molecule has 0 spiro atoms. The molecule has 4 heteroatoms. The van der Waals surface area contributed by atoms with E-state index in [1.807, 2.05) is 0 Å². The Morgan fingerprint density at radius 2 is 2.57 bits per heavy atom. The van der Waals surface area contributed by atoms with E-state index in [1.165, 1.54) is 6.08 Å². The molecule has 0 bridgehead atoms. The van der Waals surface area contributed by atoms with E-state index in [1.54, 1.807) is 0 Å². The van der Waals surface area contributed by atoms with Crippen LogP contribution in [0.5, 0.6) is 0 Å². The Morgan fingerprint density at radius 3 is 2.71 bits per heavy atom. The fourth-order valence-corrected chi connectivity index (χ4v) is 0.770. The van der Waals surface area contributed by atoms with Gasteiger partial charge in [0.15, 0.2) is 0 Å². The van der Waals surface area contributed by atoms with Crippen LogP contribution in [0.2, 0.25) is 0 Å². The number of hydrogen-bond acceptors (Lipinski definition) is 2. The van der Waals surface area contributed by atoms with Crippen molar-refractivity contribution in [2.45, 2.75) is 0 Å². The third-order valence-corrected chi connectivity index (χ3v) is 1.34. The molecule has 7 heavy (non-hydrogen) atoms. The van der Waals surface area contributed by atoms with E-state index >= 15 is 0 Å². The summed E-state index contributed by atoms with van der Waals surface area (Å²) in [6.07, 6.45) is 1.44. The average Bonchev–Trinajstić information content (AvgIpc) is 1.61. The first-order valence-corrected chi connectivity index (χ1v) is 4.84. The molecule has 0 aromatic carbocycles. The summed E-state index contributed by atoms with van der Waals surface area (Å²) in [5.41, 5.74) is 0. The fourth-order valence-electron chi connectivity index (χ4n) is 0.130. The van der Waals surface area contributed by atoms with Gasteiger partial charge in [0, 0.05) is 0 Å². The molecule has 0 rings (SSSR count). The molecule has 0 aromatic heterocycles. The molecular weight excluding hydrogens is 175 g/mol. The normalized spacial score (nSPS) is 8.14. The van der Waals surface area contributed by atoms with Crippen LogP contribution in [0.4, 0.5) is 0 Å². The first-order chi connectivity index (χ1) is 3.27. The molecule has 0 aromatic rings. The first kappa shape index (κ1) is 7.34. The Hall–Kier alpha value is 0.343. The van der Waals surface area contributed by atoms with Crippen molar-refractivity contribution in [2.75, 3.05) is 6.61 Å². The van der Waals surface area contributed by atoms with Crippen LogP contribution < -0.4 is 0 Å². The zero-order valence-corrected chi connectivity index (χ0v) is 6.21. The molecule has 0 unspecified atom stereocenters. The summed E-state index contributed by atoms with van der Waals surface area (Å²) in [6.45, 7) is 3.48. The SMILES string of the molecule is C=CC[O][Zr](=[O])[OH]. The van der Waals surface area contributed by atoms with Crippen LogP contribution >= 0.6 is 0 Å². The van der Waals surface area contributed by atoms with Crippen LogP contribution in [0, 0.1) is 0 Å². The second-order valence-electron chi connectivity index (χ2n) is 0.866. The van der Waals surface area contributed by atoms with E-state index in [4.69, 9.17) is 3.18 Å². The van der Waals surface area contributed by atoms with Crippen molar-refractivity contribution in [1.29, 1.82) is 0 Å². The van der Waals surface area contributed by atoms with Crippen LogP contribution in [0.3, 0.4) is 0 Å². The van der Waals surface area contributed by atoms with Gasteiger partial charge in [0.25, 0.3) is 0 Å². The Labute approximate surface area is 51.0 Å². The topological polar surface area (TPSA) is 46.5 Å². The van der Waals surface area contributed by atoms with Gasteiger partial charge in [0.1, 0.15) is 0 Å². The van der Waals surface area contributed by atoms with Crippen molar-refractivity contribution in [3.05, 3.63) is 12.7 Å². The maximum absolute atomic E-state index is 9.77. The third kappa shape index (κ3) is 6.34. The van der Waals surface area contributed by atoms with Crippen LogP contribution in [0.1, 0.15) is 0 Å². The Balaban J connectivity index is 2.97. The first-order valence-electron chi connectivity index (χ1n) is 1.74. The molecule has 3 nitrogen and oxygen atoms in total. The van der Waals surface area contributed by atoms with Gasteiger partial charge in [0.2, 0.25) is 0 Å². The Kier molecular flexibility index (Phi) is 4.72. The zero-order chi connectivity index (χ0) is 5.70. The summed E-state index contributed by atoms with van der Waals surface area (Å²) in [6, 6.07) is 0. The zero-order valence-electron chi connectivity index (χ0n) is 3.76. The van der Waals surface area contributed by atoms with E-state index in [2.05, 4.69) is 9.39 Å². The molecule has 0 aliphatic rings. The van der Waals surface area contributed by atoms with Gasteiger partial charge in [-0.15, -0.1) is 0 Å². The van der Waals surface area contributed by atoms with E-state index in [0.29, 0.717) is 0 Å². The van der Waals surface area contributed by atoms with Crippen molar-refractivity contribution in [3.63, 3.8) is 0 Å². The van der Waals surface area contributed by atoms with Crippen molar-refractivity contribution in [3.8, 4) is 0 Å². The summed E-state index contributed by atoms with van der Waals surface area (Å²) < 4.78 is 22.1. The van der Waals surface area contributed by atoms with E-state index in [0.717, 1.165) is 0 Å². The van der Waals surface area contributed by atoms with Crippen molar-refractivity contribution in [1.82, 2.24) is 0 Å². The summed E-state index contributed by atoms with van der Waals surface area (Å²) in [4.78, 5) is 0. The molecule has 0 radical (unpaired) electrons. The molecule has 0 aliphatic carbocycles. The van der Waals surface area contributed by atoms with E-state index < -0.39 is 22.6 Å². The van der Waals surface area contributed by atoms with E-state index in [9.17, 15) is 2.81 Å². The Bertz CT molecular complexity index is 80.2. The molecular formula is C3H6O3Zr. The van der Waals surface area contributed by atoms with Crippen LogP contribution in [0.25, 0.3) is 0 Å². The quantitative estimate of drug-likeness (QED) is 0.622. The van der Waals surface area contributed by atoms with Gasteiger partial charge in [-0.05, 0) is 0 Å². The molecule has 0 saturated heterocycles. The molecule has 0 amide bonds. The second-order valence-corrected chi connectivity index (χ2v) is 2.88. The molecule has 0 saturated carbocycles. The van der Waals surface area contributed by atoms with Crippen LogP contribution in [-0.2, 0) is 28.3 Å². The summed E-state index contributed by atoms with van der Waals surface area (Å²) >= 11 is -3.46. The molecule has 0 aliphatic heterocycles. The summed E-state index contributed by atoms with van der Waals surface area (Å²) in [7, 11) is 0. The summed E-state index contributed by atoms with van der Waals surface area (Å²) in [5.74, 6) is 0. The van der Waals surface area contributed by atoms with E-state index in [-0.39, 0.29) is 6.61 Å². The van der Waals surface area contributed by atoms with Crippen LogP contribution in [-0.4, -0.2) is 9.79 Å². The fraction of sp³-hybridized carbons (Fsp3) is 0.333. The van der Waals surface area contributed by atoms with Gasteiger partial charge < -0.3 is 0 Å². The molecule has 0 heterocycles. The summed E-state index contributed by atoms with van der Waals surface area (Å²) in [5, 5.41) is 0. The number of hydrogen-bond donors (Lipinski definition) is 1. The predicted molar refractivity (Wildman–Crippen MR) is 19.1 cm³/mol. The van der Waals surface area contributed by atoms with Crippen molar-refractivity contribution < 1.29 is 31.4 Å². The molecule has 0 fully saturated rings. The van der Waals surface area contributed by atoms with Gasteiger partial charge in [-0.1, -0.05) is 0 Å². The standard InChI is InChI=1S/C3H5O.H2O.O.Zr/c1-2-3-4;;;/h2H,1,3H2;1H2;;/q-1;;;+2/p-1. The maximum atomic E-state index is 9.77. The predicted octanol–water partition coefficient (Wildman–Crippen LogP) is -0.0250. The van der Waals surface area contributed by atoms with Crippen LogP contribution in [0.15, 0.2) is 12.7 Å². The van der Waals surface area contributed by atoms with Gasteiger partial charge in [0.05, 0.1) is 0 Å². The third-order valence-electron chi connectivity index (χ3n) is 0.325. The molecule has 1 N–H and O–H groups in total. The van der Waals surface area contributed by atoms with Crippen molar-refractivity contribution >= 4 is 0 Å². The van der Waals surface area contributed by atoms with Gasteiger partial charge in [-0.2, -0.15) is 0 Å². The van der Waals surface area contributed by atoms with Gasteiger partial charge >= 0.3 is 50.7 Å². The molecule has 40 valence electrons. The molecule has 0 atom stereocenters. The Morgan fingerprint density at radius 1 is 2.00 bits per heavy atom. The number of rotatable bonds is 3. The average molecular weight is 181 g/mol. The minimum absolute atomic E-state index is 0.189. The van der Waals surface area contributed by atoms with Gasteiger partial charge in [-0.3, -0.25) is 0 Å². The van der Waals surface area contributed by atoms with Crippen molar-refractivity contribution in [2.24, 2.45) is 0 Å². The van der Waals surface area contributed by atoms with Gasteiger partial charge in [-0.25, -0.2) is 0 Å². The monoisotopic (exact) mass is 180 g/mol.